The molecule has 0 aromatic heterocycles. The van der Waals surface area contributed by atoms with E-state index in [0.29, 0.717) is 5.75 Å². The van der Waals surface area contributed by atoms with Gasteiger partial charge in [0.05, 0.1) is 7.11 Å². The van der Waals surface area contributed by atoms with Crippen LogP contribution in [0.1, 0.15) is 55.8 Å². The average Bonchev–Trinajstić information content (AvgIpc) is 2.64. The summed E-state index contributed by atoms with van der Waals surface area (Å²) in [5, 5.41) is 13.0. The van der Waals surface area contributed by atoms with Crippen LogP contribution in [0.2, 0.25) is 0 Å². The minimum Gasteiger partial charge on any atom is -0.507 e. The number of esters is 1. The first-order valence-electron chi connectivity index (χ1n) is 10.2. The third-order valence-corrected chi connectivity index (χ3v) is 7.14. The van der Waals surface area contributed by atoms with Crippen molar-refractivity contribution < 1.29 is 24.2 Å². The summed E-state index contributed by atoms with van der Waals surface area (Å²) < 4.78 is 10.1. The lowest BCUT2D eigenvalue weighted by Crippen LogP contribution is -2.56. The van der Waals surface area contributed by atoms with Crippen LogP contribution in [0.25, 0.3) is 0 Å². The first-order valence-corrected chi connectivity index (χ1v) is 10.2. The van der Waals surface area contributed by atoms with E-state index in [-0.39, 0.29) is 35.3 Å². The molecule has 2 N–H and O–H groups in total. The Hall–Kier alpha value is -2.24. The van der Waals surface area contributed by atoms with Crippen molar-refractivity contribution in [1.82, 2.24) is 5.32 Å². The third kappa shape index (κ3) is 3.56. The second-order valence-corrected chi connectivity index (χ2v) is 9.03. The number of carbonyl (C=O) groups excluding carboxylic acids is 2. The Balaban J connectivity index is 1.32. The maximum atomic E-state index is 12.4. The first kappa shape index (κ1) is 19.1. The second kappa shape index (κ2) is 7.30. The Morgan fingerprint density at radius 3 is 2.32 bits per heavy atom. The highest BCUT2D eigenvalue weighted by Gasteiger charge is 2.53. The van der Waals surface area contributed by atoms with Gasteiger partial charge in [-0.3, -0.25) is 4.79 Å². The Kier molecular flexibility index (Phi) is 4.98. The van der Waals surface area contributed by atoms with Crippen LogP contribution in [0, 0.1) is 23.2 Å². The number of amides is 1. The fraction of sp³-hybridized carbons (Fsp3) is 0.636. The van der Waals surface area contributed by atoms with Gasteiger partial charge in [0.1, 0.15) is 17.1 Å². The van der Waals surface area contributed by atoms with Crippen molar-refractivity contribution in [3.8, 4) is 11.5 Å². The Labute approximate surface area is 165 Å². The Morgan fingerprint density at radius 2 is 1.79 bits per heavy atom. The normalized spacial score (nSPS) is 31.3. The van der Waals surface area contributed by atoms with Crippen LogP contribution < -0.4 is 10.1 Å². The number of carbonyl (C=O) groups is 2. The summed E-state index contributed by atoms with van der Waals surface area (Å²) in [7, 11) is 1.47. The highest BCUT2D eigenvalue weighted by Crippen LogP contribution is 2.61. The van der Waals surface area contributed by atoms with Crippen molar-refractivity contribution >= 4 is 11.9 Å². The van der Waals surface area contributed by atoms with Crippen molar-refractivity contribution in [3.05, 3.63) is 23.8 Å². The van der Waals surface area contributed by atoms with E-state index in [9.17, 15) is 14.7 Å². The predicted molar refractivity (Wildman–Crippen MR) is 103 cm³/mol. The molecule has 152 valence electrons. The van der Waals surface area contributed by atoms with Crippen LogP contribution >= 0.6 is 0 Å². The van der Waals surface area contributed by atoms with Crippen LogP contribution in [0.3, 0.4) is 0 Å². The van der Waals surface area contributed by atoms with Gasteiger partial charge in [0, 0.05) is 12.1 Å². The summed E-state index contributed by atoms with van der Waals surface area (Å²) in [4.78, 5) is 24.6. The highest BCUT2D eigenvalue weighted by atomic mass is 16.5. The third-order valence-electron chi connectivity index (χ3n) is 7.14. The van der Waals surface area contributed by atoms with Crippen LogP contribution in [-0.4, -0.2) is 36.7 Å². The SMILES string of the molecule is COc1ccc(C(=O)OCC(=O)N[C@H](C)C23CC4CC(CC(C4)C2)C3)c(O)c1. The van der Waals surface area contributed by atoms with Gasteiger partial charge >= 0.3 is 5.97 Å². The Bertz CT molecular complexity index is 739. The quantitative estimate of drug-likeness (QED) is 0.732. The molecule has 1 aromatic rings. The molecule has 6 heteroatoms. The standard InChI is InChI=1S/C22H29NO5/c1-13(22-9-14-5-15(10-22)7-16(6-14)11-22)23-20(25)12-28-21(26)18-4-3-17(27-2)8-19(18)24/h3-4,8,13-16,24H,5-7,9-12H2,1-2H3,(H,23,25)/t13-,14?,15?,16?,22?/m1/s1. The summed E-state index contributed by atoms with van der Waals surface area (Å²) in [6.45, 7) is 1.75. The number of hydrogen-bond acceptors (Lipinski definition) is 5. The maximum Gasteiger partial charge on any atom is 0.342 e. The molecule has 28 heavy (non-hydrogen) atoms. The molecule has 4 aliphatic carbocycles. The molecule has 4 saturated carbocycles. The van der Waals surface area contributed by atoms with E-state index < -0.39 is 5.97 Å². The minimum atomic E-state index is -0.724. The highest BCUT2D eigenvalue weighted by molar-refractivity contribution is 5.94. The first-order chi connectivity index (χ1) is 13.4. The summed E-state index contributed by atoms with van der Waals surface area (Å²) in [5.41, 5.74) is 0.227. The maximum absolute atomic E-state index is 12.4. The largest absolute Gasteiger partial charge is 0.507 e. The topological polar surface area (TPSA) is 84.9 Å². The lowest BCUT2D eigenvalue weighted by molar-refractivity contribution is -0.128. The summed E-state index contributed by atoms with van der Waals surface area (Å²) >= 11 is 0. The summed E-state index contributed by atoms with van der Waals surface area (Å²) in [6.07, 6.45) is 7.72. The fourth-order valence-electron chi connectivity index (χ4n) is 6.16. The molecule has 0 aliphatic heterocycles. The fourth-order valence-corrected chi connectivity index (χ4v) is 6.16. The smallest absolute Gasteiger partial charge is 0.342 e. The number of phenolic OH excluding ortho intramolecular Hbond substituents is 1. The molecular formula is C22H29NO5. The summed E-state index contributed by atoms with van der Waals surface area (Å²) in [5.74, 6) is 1.66. The molecule has 1 amide bonds. The van der Waals surface area contributed by atoms with Crippen LogP contribution in [-0.2, 0) is 9.53 Å². The van der Waals surface area contributed by atoms with E-state index >= 15 is 0 Å². The van der Waals surface area contributed by atoms with Gasteiger partial charge in [-0.2, -0.15) is 0 Å². The van der Waals surface area contributed by atoms with Gasteiger partial charge in [0.2, 0.25) is 0 Å². The van der Waals surface area contributed by atoms with Gasteiger partial charge in [0.15, 0.2) is 6.61 Å². The lowest BCUT2D eigenvalue weighted by Gasteiger charge is -2.59. The molecule has 1 aromatic carbocycles. The molecule has 1 atom stereocenters. The lowest BCUT2D eigenvalue weighted by atomic mass is 9.48. The van der Waals surface area contributed by atoms with Gasteiger partial charge in [-0.25, -0.2) is 4.79 Å². The molecule has 4 aliphatic rings. The van der Waals surface area contributed by atoms with Gasteiger partial charge in [0.25, 0.3) is 5.91 Å². The zero-order valence-corrected chi connectivity index (χ0v) is 16.6. The molecule has 0 radical (unpaired) electrons. The number of aromatic hydroxyl groups is 1. The molecule has 0 spiro atoms. The minimum absolute atomic E-state index is 0.0164. The zero-order chi connectivity index (χ0) is 19.9. The molecular weight excluding hydrogens is 358 g/mol. The van der Waals surface area contributed by atoms with Crippen molar-refractivity contribution in [2.45, 2.75) is 51.5 Å². The van der Waals surface area contributed by atoms with Gasteiger partial charge in [-0.05, 0) is 80.8 Å². The number of ether oxygens (including phenoxy) is 2. The molecule has 0 unspecified atom stereocenters. The Morgan fingerprint density at radius 1 is 1.18 bits per heavy atom. The van der Waals surface area contributed by atoms with Crippen LogP contribution in [0.15, 0.2) is 18.2 Å². The number of methoxy groups -OCH3 is 1. The second-order valence-electron chi connectivity index (χ2n) is 9.03. The van der Waals surface area contributed by atoms with E-state index in [4.69, 9.17) is 9.47 Å². The number of hydrogen-bond donors (Lipinski definition) is 2. The van der Waals surface area contributed by atoms with Crippen molar-refractivity contribution in [2.24, 2.45) is 23.2 Å². The van der Waals surface area contributed by atoms with Crippen LogP contribution in [0.5, 0.6) is 11.5 Å². The predicted octanol–water partition coefficient (Wildman–Crippen LogP) is 3.28. The van der Waals surface area contributed by atoms with E-state index in [0.717, 1.165) is 17.8 Å². The van der Waals surface area contributed by atoms with E-state index in [1.165, 1.54) is 57.8 Å². The molecule has 5 rings (SSSR count). The number of phenols is 1. The van der Waals surface area contributed by atoms with Gasteiger partial charge < -0.3 is 19.9 Å². The van der Waals surface area contributed by atoms with Crippen LogP contribution in [0.4, 0.5) is 0 Å². The van der Waals surface area contributed by atoms with E-state index in [1.807, 2.05) is 0 Å². The average molecular weight is 387 g/mol. The summed E-state index contributed by atoms with van der Waals surface area (Å²) in [6, 6.07) is 4.41. The van der Waals surface area contributed by atoms with Crippen molar-refractivity contribution in [3.63, 3.8) is 0 Å². The monoisotopic (exact) mass is 387 g/mol. The zero-order valence-electron chi connectivity index (χ0n) is 16.6. The molecule has 0 saturated heterocycles. The van der Waals surface area contributed by atoms with E-state index in [1.54, 1.807) is 6.07 Å². The van der Waals surface area contributed by atoms with Gasteiger partial charge in [-0.15, -0.1) is 0 Å². The number of benzene rings is 1. The molecule has 4 fully saturated rings. The van der Waals surface area contributed by atoms with E-state index in [2.05, 4.69) is 12.2 Å². The van der Waals surface area contributed by atoms with Crippen molar-refractivity contribution in [1.29, 1.82) is 0 Å². The molecule has 4 bridgehead atoms. The number of nitrogens with one attached hydrogen (secondary N) is 1. The van der Waals surface area contributed by atoms with Crippen molar-refractivity contribution in [2.75, 3.05) is 13.7 Å². The van der Waals surface area contributed by atoms with Gasteiger partial charge in [-0.1, -0.05) is 0 Å². The number of rotatable bonds is 6. The molecule has 0 heterocycles. The molecule has 6 nitrogen and oxygen atoms in total.